The lowest BCUT2D eigenvalue weighted by Crippen LogP contribution is -1.98. The van der Waals surface area contributed by atoms with Gasteiger partial charge in [-0.15, -0.1) is 30.6 Å². The van der Waals surface area contributed by atoms with Gasteiger partial charge in [-0.25, -0.2) is 4.39 Å². The van der Waals surface area contributed by atoms with E-state index >= 15 is 0 Å². The second kappa shape index (κ2) is 15.0. The maximum atomic E-state index is 13.4. The van der Waals surface area contributed by atoms with E-state index in [2.05, 4.69) is 46.5 Å². The largest absolute Gasteiger partial charge is 0.507 e. The first-order valence-electron chi connectivity index (χ1n) is 12.6. The predicted octanol–water partition coefficient (Wildman–Crippen LogP) is 7.09. The van der Waals surface area contributed by atoms with Gasteiger partial charge in [0, 0.05) is 16.7 Å². The number of nitrogens with zero attached hydrogens (tertiary/aromatic N) is 6. The van der Waals surface area contributed by atoms with Crippen molar-refractivity contribution in [2.75, 3.05) is 17.2 Å². The van der Waals surface area contributed by atoms with Crippen LogP contribution in [0.1, 0.15) is 0 Å². The molecule has 0 aliphatic heterocycles. The highest BCUT2D eigenvalue weighted by atomic mass is 79.9. The number of aromatic nitrogens is 6. The smallest absolute Gasteiger partial charge is 0.160 e. The molecule has 6 rings (SSSR count). The van der Waals surface area contributed by atoms with Gasteiger partial charge < -0.3 is 22.3 Å². The first kappa shape index (κ1) is 32.0. The molecule has 3 aromatic heterocycles. The van der Waals surface area contributed by atoms with Crippen molar-refractivity contribution in [3.63, 3.8) is 0 Å². The molecule has 10 nitrogen and oxygen atoms in total. The molecule has 0 saturated heterocycles. The van der Waals surface area contributed by atoms with Crippen LogP contribution in [-0.2, 0) is 0 Å². The van der Waals surface area contributed by atoms with Crippen LogP contribution < -0.4 is 17.2 Å². The van der Waals surface area contributed by atoms with Crippen molar-refractivity contribution < 1.29 is 9.50 Å². The molecule has 0 atom stereocenters. The van der Waals surface area contributed by atoms with Crippen LogP contribution in [0.5, 0.6) is 5.75 Å². The van der Waals surface area contributed by atoms with Gasteiger partial charge >= 0.3 is 0 Å². The van der Waals surface area contributed by atoms with Gasteiger partial charge in [-0.2, -0.15) is 0 Å². The van der Waals surface area contributed by atoms with Crippen LogP contribution in [0, 0.1) is 5.82 Å². The first-order chi connectivity index (χ1) is 21.1. The summed E-state index contributed by atoms with van der Waals surface area (Å²) in [4.78, 5) is 0. The van der Waals surface area contributed by atoms with E-state index in [1.165, 1.54) is 18.2 Å². The summed E-state index contributed by atoms with van der Waals surface area (Å²) in [6.45, 7) is 0. The van der Waals surface area contributed by atoms with Crippen LogP contribution >= 0.6 is 39.1 Å². The zero-order chi connectivity index (χ0) is 31.6. The third-order valence-electron chi connectivity index (χ3n) is 5.76. The summed E-state index contributed by atoms with van der Waals surface area (Å²) in [5.74, 6) is 0.498. The Hall–Kier alpha value is -4.91. The van der Waals surface area contributed by atoms with Gasteiger partial charge in [-0.3, -0.25) is 0 Å². The van der Waals surface area contributed by atoms with Gasteiger partial charge in [0.2, 0.25) is 0 Å². The van der Waals surface area contributed by atoms with Crippen molar-refractivity contribution in [1.82, 2.24) is 30.6 Å². The molecule has 0 saturated carbocycles. The summed E-state index contributed by atoms with van der Waals surface area (Å²) in [7, 11) is 0. The summed E-state index contributed by atoms with van der Waals surface area (Å²) in [6.07, 6.45) is 0. The molecule has 6 aromatic rings. The minimum Gasteiger partial charge on any atom is -0.507 e. The average Bonchev–Trinajstić information content (AvgIpc) is 3.03. The molecule has 44 heavy (non-hydrogen) atoms. The van der Waals surface area contributed by atoms with Gasteiger partial charge in [0.05, 0.1) is 10.2 Å². The third-order valence-corrected chi connectivity index (χ3v) is 6.77. The standard InChI is InChI=1S/C16H12FN3O.C10H8ClN3.C4H3BrClN3/c17-11-6-7-15(21)13(8-11)14-9-12(16(18)20-19-14)10-4-2-1-3-5-10;11-9-6-8(10(12)14-13-9)7-4-2-1-3-5-7;5-2-1-3(6)8-9-4(2)7/h1-9,21H,(H2,18,20);1-6H,(H2,12,14);1H,(H2,7,9). The van der Waals surface area contributed by atoms with Crippen molar-refractivity contribution in [3.05, 3.63) is 118 Å². The van der Waals surface area contributed by atoms with Crippen LogP contribution in [0.4, 0.5) is 21.8 Å². The highest BCUT2D eigenvalue weighted by Gasteiger charge is 2.12. The van der Waals surface area contributed by atoms with Crippen molar-refractivity contribution in [2.24, 2.45) is 0 Å². The molecule has 0 radical (unpaired) electrons. The summed E-state index contributed by atoms with van der Waals surface area (Å²) in [5.41, 5.74) is 20.9. The van der Waals surface area contributed by atoms with Crippen molar-refractivity contribution in [2.45, 2.75) is 0 Å². The third kappa shape index (κ3) is 8.57. The first-order valence-corrected chi connectivity index (χ1v) is 14.1. The fraction of sp³-hybridized carbons (Fsp3) is 0. The number of anilines is 3. The summed E-state index contributed by atoms with van der Waals surface area (Å²) >= 11 is 14.3. The molecule has 222 valence electrons. The molecular weight excluding hydrogens is 672 g/mol. The minimum atomic E-state index is -0.456. The number of aromatic hydroxyl groups is 1. The molecule has 0 unspecified atom stereocenters. The van der Waals surface area contributed by atoms with E-state index in [-0.39, 0.29) is 17.1 Å². The van der Waals surface area contributed by atoms with Crippen LogP contribution in [0.2, 0.25) is 10.3 Å². The fourth-order valence-electron chi connectivity index (χ4n) is 3.68. The van der Waals surface area contributed by atoms with E-state index in [9.17, 15) is 9.50 Å². The van der Waals surface area contributed by atoms with Crippen molar-refractivity contribution in [3.8, 4) is 39.3 Å². The second-order valence-electron chi connectivity index (χ2n) is 8.79. The number of halogens is 4. The maximum absolute atomic E-state index is 13.4. The van der Waals surface area contributed by atoms with Crippen molar-refractivity contribution >= 4 is 56.6 Å². The van der Waals surface area contributed by atoms with E-state index in [0.29, 0.717) is 37.7 Å². The predicted molar refractivity (Wildman–Crippen MR) is 175 cm³/mol. The average molecular weight is 695 g/mol. The minimum absolute atomic E-state index is 0.0607. The molecule has 3 heterocycles. The molecule has 0 fully saturated rings. The Labute approximate surface area is 269 Å². The quantitative estimate of drug-likeness (QED) is 0.150. The number of phenols is 1. The van der Waals surface area contributed by atoms with E-state index < -0.39 is 5.82 Å². The lowest BCUT2D eigenvalue weighted by molar-refractivity contribution is 0.475. The number of phenolic OH excluding ortho intramolecular Hbond substituents is 1. The second-order valence-corrected chi connectivity index (χ2v) is 10.4. The number of nitrogens with two attached hydrogens (primary N) is 3. The van der Waals surface area contributed by atoms with Crippen LogP contribution in [0.15, 0.2) is 102 Å². The van der Waals surface area contributed by atoms with Crippen LogP contribution in [-0.4, -0.2) is 35.7 Å². The summed E-state index contributed by atoms with van der Waals surface area (Å²) < 4.78 is 14.0. The number of hydrogen-bond donors (Lipinski definition) is 4. The molecule has 0 aliphatic carbocycles. The van der Waals surface area contributed by atoms with E-state index in [0.717, 1.165) is 16.7 Å². The van der Waals surface area contributed by atoms with Gasteiger partial charge in [-0.1, -0.05) is 83.9 Å². The molecule has 0 bridgehead atoms. The van der Waals surface area contributed by atoms with Crippen molar-refractivity contribution in [1.29, 1.82) is 0 Å². The maximum Gasteiger partial charge on any atom is 0.160 e. The Morgan fingerprint density at radius 3 is 1.61 bits per heavy atom. The lowest BCUT2D eigenvalue weighted by atomic mass is 10.0. The number of benzene rings is 3. The molecule has 3 aromatic carbocycles. The molecule has 7 N–H and O–H groups in total. The normalized spacial score (nSPS) is 10.2. The van der Waals surface area contributed by atoms with E-state index in [4.69, 9.17) is 40.4 Å². The monoisotopic (exact) mass is 693 g/mol. The van der Waals surface area contributed by atoms with Gasteiger partial charge in [-0.05, 0) is 63.5 Å². The van der Waals surface area contributed by atoms with E-state index in [1.807, 2.05) is 60.7 Å². The highest BCUT2D eigenvalue weighted by Crippen LogP contribution is 2.32. The number of nitrogen functional groups attached to an aromatic ring is 3. The number of rotatable bonds is 3. The van der Waals surface area contributed by atoms with Crippen LogP contribution in [0.25, 0.3) is 33.5 Å². The molecule has 0 spiro atoms. The highest BCUT2D eigenvalue weighted by molar-refractivity contribution is 9.10. The number of hydrogen-bond acceptors (Lipinski definition) is 10. The summed E-state index contributed by atoms with van der Waals surface area (Å²) in [6, 6.07) is 27.8. The Morgan fingerprint density at radius 1 is 0.568 bits per heavy atom. The zero-order valence-electron chi connectivity index (χ0n) is 22.6. The lowest BCUT2D eigenvalue weighted by Gasteiger charge is -2.08. The zero-order valence-corrected chi connectivity index (χ0v) is 25.7. The topological polar surface area (TPSA) is 176 Å². The van der Waals surface area contributed by atoms with Gasteiger partial charge in [0.1, 0.15) is 11.6 Å². The SMILES string of the molecule is Nc1nnc(-c2cc(F)ccc2O)cc1-c1ccccc1.Nc1nnc(Cl)cc1-c1ccccc1.Nc1nnc(Cl)cc1Br. The Balaban J connectivity index is 0.000000165. The molecule has 0 aliphatic rings. The van der Waals surface area contributed by atoms with Crippen LogP contribution in [0.3, 0.4) is 0 Å². The van der Waals surface area contributed by atoms with Gasteiger partial charge in [0.25, 0.3) is 0 Å². The Kier molecular flexibility index (Phi) is 10.9. The molecule has 0 amide bonds. The van der Waals surface area contributed by atoms with Gasteiger partial charge in [0.15, 0.2) is 27.8 Å². The molecular formula is C30H23BrCl2FN9O. The Bertz CT molecular complexity index is 1870. The molecule has 14 heteroatoms. The Morgan fingerprint density at radius 2 is 1.07 bits per heavy atom. The fourth-order valence-corrected chi connectivity index (χ4v) is 4.40. The summed E-state index contributed by atoms with van der Waals surface area (Å²) in [5, 5.41) is 32.8. The van der Waals surface area contributed by atoms with E-state index in [1.54, 1.807) is 18.2 Å².